The zero-order chi connectivity index (χ0) is 14.7. The van der Waals surface area contributed by atoms with Crippen LogP contribution in [0.1, 0.15) is 30.1 Å². The SMILES string of the molecule is CC(Nc1ccc(F)c(C(=O)O)c1)C1CCN(C)CC1. The Morgan fingerprint density at radius 2 is 2.10 bits per heavy atom. The summed E-state index contributed by atoms with van der Waals surface area (Å²) >= 11 is 0. The molecule has 2 rings (SSSR count). The number of nitrogens with zero attached hydrogens (tertiary/aromatic N) is 1. The summed E-state index contributed by atoms with van der Waals surface area (Å²) in [6, 6.07) is 4.40. The molecule has 1 atom stereocenters. The number of benzene rings is 1. The Kier molecular flexibility index (Phi) is 4.60. The maximum atomic E-state index is 13.3. The number of carbonyl (C=O) groups is 1. The predicted molar refractivity (Wildman–Crippen MR) is 76.7 cm³/mol. The number of hydrogen-bond acceptors (Lipinski definition) is 3. The number of hydrogen-bond donors (Lipinski definition) is 2. The normalized spacial score (nSPS) is 18.8. The van der Waals surface area contributed by atoms with Gasteiger partial charge in [0.05, 0.1) is 5.56 Å². The molecular weight excluding hydrogens is 259 g/mol. The quantitative estimate of drug-likeness (QED) is 0.890. The van der Waals surface area contributed by atoms with Crippen LogP contribution < -0.4 is 5.32 Å². The smallest absolute Gasteiger partial charge is 0.338 e. The molecule has 5 heteroatoms. The number of anilines is 1. The van der Waals surface area contributed by atoms with Gasteiger partial charge in [0.25, 0.3) is 0 Å². The van der Waals surface area contributed by atoms with Gasteiger partial charge in [0, 0.05) is 11.7 Å². The van der Waals surface area contributed by atoms with Gasteiger partial charge in [-0.25, -0.2) is 9.18 Å². The van der Waals surface area contributed by atoms with E-state index in [1.807, 2.05) is 0 Å². The molecule has 0 amide bonds. The van der Waals surface area contributed by atoms with Crippen molar-refractivity contribution in [3.63, 3.8) is 0 Å². The largest absolute Gasteiger partial charge is 0.478 e. The van der Waals surface area contributed by atoms with Gasteiger partial charge in [-0.15, -0.1) is 0 Å². The van der Waals surface area contributed by atoms with E-state index in [-0.39, 0.29) is 11.6 Å². The van der Waals surface area contributed by atoms with Gasteiger partial charge in [-0.2, -0.15) is 0 Å². The van der Waals surface area contributed by atoms with Crippen molar-refractivity contribution < 1.29 is 14.3 Å². The van der Waals surface area contributed by atoms with Crippen LogP contribution in [0.15, 0.2) is 18.2 Å². The Hall–Kier alpha value is -1.62. The van der Waals surface area contributed by atoms with Gasteiger partial charge in [0.15, 0.2) is 0 Å². The Morgan fingerprint density at radius 1 is 1.45 bits per heavy atom. The molecule has 1 unspecified atom stereocenters. The molecule has 0 radical (unpaired) electrons. The summed E-state index contributed by atoms with van der Waals surface area (Å²) in [6.45, 7) is 4.26. The van der Waals surface area contributed by atoms with E-state index < -0.39 is 11.8 Å². The molecule has 1 heterocycles. The molecule has 0 aliphatic carbocycles. The van der Waals surface area contributed by atoms with Gasteiger partial charge in [-0.1, -0.05) is 0 Å². The zero-order valence-electron chi connectivity index (χ0n) is 11.9. The lowest BCUT2D eigenvalue weighted by Crippen LogP contribution is -2.37. The minimum absolute atomic E-state index is 0.246. The first kappa shape index (κ1) is 14.8. The minimum Gasteiger partial charge on any atom is -0.478 e. The fourth-order valence-corrected chi connectivity index (χ4v) is 2.69. The maximum Gasteiger partial charge on any atom is 0.338 e. The molecule has 1 aromatic rings. The van der Waals surface area contributed by atoms with Crippen molar-refractivity contribution in [1.82, 2.24) is 4.90 Å². The van der Waals surface area contributed by atoms with Crippen molar-refractivity contribution in [3.8, 4) is 0 Å². The van der Waals surface area contributed by atoms with Crippen LogP contribution in [-0.2, 0) is 0 Å². The molecule has 20 heavy (non-hydrogen) atoms. The Bertz CT molecular complexity index is 485. The topological polar surface area (TPSA) is 52.6 Å². The molecule has 0 aromatic heterocycles. The van der Waals surface area contributed by atoms with Crippen LogP contribution in [0, 0.1) is 11.7 Å². The van der Waals surface area contributed by atoms with Crippen molar-refractivity contribution in [2.75, 3.05) is 25.5 Å². The minimum atomic E-state index is -1.24. The monoisotopic (exact) mass is 280 g/mol. The third-order valence-electron chi connectivity index (χ3n) is 4.06. The van der Waals surface area contributed by atoms with E-state index in [9.17, 15) is 9.18 Å². The Balaban J connectivity index is 2.02. The van der Waals surface area contributed by atoms with Crippen LogP contribution in [0.4, 0.5) is 10.1 Å². The van der Waals surface area contributed by atoms with Crippen molar-refractivity contribution >= 4 is 11.7 Å². The third kappa shape index (κ3) is 3.48. The van der Waals surface area contributed by atoms with E-state index in [4.69, 9.17) is 5.11 Å². The average molecular weight is 280 g/mol. The molecule has 0 saturated carbocycles. The number of rotatable bonds is 4. The third-order valence-corrected chi connectivity index (χ3v) is 4.06. The van der Waals surface area contributed by atoms with Crippen molar-refractivity contribution in [3.05, 3.63) is 29.6 Å². The molecular formula is C15H21FN2O2. The highest BCUT2D eigenvalue weighted by molar-refractivity contribution is 5.89. The standard InChI is InChI=1S/C15H21FN2O2/c1-10(11-5-7-18(2)8-6-11)17-12-3-4-14(16)13(9-12)15(19)20/h3-4,9-11,17H,5-8H2,1-2H3,(H,19,20). The summed E-state index contributed by atoms with van der Waals surface area (Å²) in [5.41, 5.74) is 0.376. The molecule has 1 fully saturated rings. The number of likely N-dealkylation sites (tertiary alicyclic amines) is 1. The van der Waals surface area contributed by atoms with Crippen molar-refractivity contribution in [2.45, 2.75) is 25.8 Å². The predicted octanol–water partition coefficient (Wildman–Crippen LogP) is 2.67. The summed E-state index contributed by atoms with van der Waals surface area (Å²) in [4.78, 5) is 13.2. The number of carboxylic acid groups (broad SMARTS) is 1. The first-order valence-electron chi connectivity index (χ1n) is 6.95. The van der Waals surface area contributed by atoms with Crippen LogP contribution in [0.25, 0.3) is 0 Å². The lowest BCUT2D eigenvalue weighted by Gasteiger charge is -2.33. The van der Waals surface area contributed by atoms with Gasteiger partial charge >= 0.3 is 5.97 Å². The molecule has 0 bridgehead atoms. The average Bonchev–Trinajstić information content (AvgIpc) is 2.41. The molecule has 110 valence electrons. The maximum absolute atomic E-state index is 13.3. The highest BCUT2D eigenvalue weighted by Gasteiger charge is 2.22. The summed E-state index contributed by atoms with van der Waals surface area (Å²) in [6.07, 6.45) is 2.25. The fraction of sp³-hybridized carbons (Fsp3) is 0.533. The second-order valence-electron chi connectivity index (χ2n) is 5.57. The molecule has 1 aliphatic rings. The highest BCUT2D eigenvalue weighted by Crippen LogP contribution is 2.23. The van der Waals surface area contributed by atoms with Crippen molar-refractivity contribution in [1.29, 1.82) is 0 Å². The number of halogens is 1. The molecule has 1 saturated heterocycles. The summed E-state index contributed by atoms with van der Waals surface area (Å²) in [5, 5.41) is 12.2. The lowest BCUT2D eigenvalue weighted by atomic mass is 9.90. The number of piperidine rings is 1. The summed E-state index contributed by atoms with van der Waals surface area (Å²) < 4.78 is 13.3. The van der Waals surface area contributed by atoms with E-state index >= 15 is 0 Å². The van der Waals surface area contributed by atoms with Crippen LogP contribution in [0.5, 0.6) is 0 Å². The van der Waals surface area contributed by atoms with Crippen LogP contribution in [0.2, 0.25) is 0 Å². The molecule has 1 aliphatic heterocycles. The van der Waals surface area contributed by atoms with Crippen molar-refractivity contribution in [2.24, 2.45) is 5.92 Å². The van der Waals surface area contributed by atoms with Gasteiger partial charge in [-0.05, 0) is 64.0 Å². The van der Waals surface area contributed by atoms with Gasteiger partial charge < -0.3 is 15.3 Å². The molecule has 4 nitrogen and oxygen atoms in total. The van der Waals surface area contributed by atoms with E-state index in [0.29, 0.717) is 11.6 Å². The van der Waals surface area contributed by atoms with E-state index in [1.54, 1.807) is 6.07 Å². The van der Waals surface area contributed by atoms with E-state index in [1.165, 1.54) is 12.1 Å². The number of nitrogens with one attached hydrogen (secondary N) is 1. The lowest BCUT2D eigenvalue weighted by molar-refractivity contribution is 0.0692. The fourth-order valence-electron chi connectivity index (χ4n) is 2.69. The molecule has 0 spiro atoms. The highest BCUT2D eigenvalue weighted by atomic mass is 19.1. The summed E-state index contributed by atoms with van der Waals surface area (Å²) in [7, 11) is 2.12. The molecule has 1 aromatic carbocycles. The first-order valence-corrected chi connectivity index (χ1v) is 6.95. The van der Waals surface area contributed by atoms with Crippen LogP contribution in [0.3, 0.4) is 0 Å². The van der Waals surface area contributed by atoms with Gasteiger partial charge in [-0.3, -0.25) is 0 Å². The van der Waals surface area contributed by atoms with E-state index in [0.717, 1.165) is 25.9 Å². The first-order chi connectivity index (χ1) is 9.47. The van der Waals surface area contributed by atoms with Crippen LogP contribution >= 0.6 is 0 Å². The number of aromatic carboxylic acids is 1. The summed E-state index contributed by atoms with van der Waals surface area (Å²) in [5.74, 6) is -1.38. The zero-order valence-corrected chi connectivity index (χ0v) is 11.9. The molecule has 2 N–H and O–H groups in total. The second-order valence-corrected chi connectivity index (χ2v) is 5.57. The van der Waals surface area contributed by atoms with Gasteiger partial charge in [0.2, 0.25) is 0 Å². The van der Waals surface area contributed by atoms with Gasteiger partial charge in [0.1, 0.15) is 5.82 Å². The Labute approximate surface area is 118 Å². The Morgan fingerprint density at radius 3 is 2.70 bits per heavy atom. The van der Waals surface area contributed by atoms with Crippen LogP contribution in [-0.4, -0.2) is 42.2 Å². The van der Waals surface area contributed by atoms with E-state index in [2.05, 4.69) is 24.2 Å². The number of carboxylic acids is 1. The second kappa shape index (κ2) is 6.22.